The zero-order chi connectivity index (χ0) is 26.7. The monoisotopic (exact) mass is 530 g/mol. The zero-order valence-electron chi connectivity index (χ0n) is 21.9. The van der Waals surface area contributed by atoms with Crippen LogP contribution in [0.1, 0.15) is 54.8 Å². The van der Waals surface area contributed by atoms with E-state index < -0.39 is 6.04 Å². The zero-order valence-corrected chi connectivity index (χ0v) is 22.6. The Balaban J connectivity index is 1.61. The average molecular weight is 531 g/mol. The molecule has 0 fully saturated rings. The number of rotatable bonds is 11. The van der Waals surface area contributed by atoms with Crippen molar-refractivity contribution in [2.24, 2.45) is 0 Å². The van der Waals surface area contributed by atoms with E-state index in [1.807, 2.05) is 66.7 Å². The molecule has 1 atom stereocenters. The van der Waals surface area contributed by atoms with Gasteiger partial charge in [-0.15, -0.1) is 0 Å². The number of halogens is 1. The van der Waals surface area contributed by atoms with Gasteiger partial charge in [0, 0.05) is 18.1 Å². The van der Waals surface area contributed by atoms with Gasteiger partial charge in [0.15, 0.2) is 0 Å². The van der Waals surface area contributed by atoms with Crippen LogP contribution in [-0.4, -0.2) is 30.4 Å². The van der Waals surface area contributed by atoms with Crippen molar-refractivity contribution in [2.45, 2.75) is 51.1 Å². The lowest BCUT2D eigenvalue weighted by atomic mass is 9.97. The molecular weight excluding hydrogens is 496 g/mol. The van der Waals surface area contributed by atoms with Crippen molar-refractivity contribution in [1.29, 1.82) is 0 Å². The molecule has 3 aromatic carbocycles. The number of allylic oxidation sites excluding steroid dienone is 1. The summed E-state index contributed by atoms with van der Waals surface area (Å²) < 4.78 is 5.30. The molecule has 0 aromatic heterocycles. The summed E-state index contributed by atoms with van der Waals surface area (Å²) in [5.41, 5.74) is 3.94. The molecule has 0 saturated heterocycles. The van der Waals surface area contributed by atoms with E-state index in [4.69, 9.17) is 16.3 Å². The van der Waals surface area contributed by atoms with Gasteiger partial charge in [0.1, 0.15) is 11.8 Å². The summed E-state index contributed by atoms with van der Waals surface area (Å²) in [4.78, 5) is 29.3. The Morgan fingerprint density at radius 2 is 1.66 bits per heavy atom. The highest BCUT2D eigenvalue weighted by atomic mass is 35.5. The van der Waals surface area contributed by atoms with Crippen molar-refractivity contribution in [3.8, 4) is 5.75 Å². The number of benzene rings is 3. The molecular formula is C32H35ClN2O3. The second-order valence-corrected chi connectivity index (χ2v) is 10.1. The van der Waals surface area contributed by atoms with Crippen LogP contribution in [-0.2, 0) is 22.6 Å². The van der Waals surface area contributed by atoms with E-state index in [0.717, 1.165) is 41.7 Å². The lowest BCUT2D eigenvalue weighted by molar-refractivity contribution is -0.141. The quantitative estimate of drug-likeness (QED) is 0.282. The number of carbonyl (C=O) groups excluding carboxylic acids is 2. The molecule has 5 nitrogen and oxygen atoms in total. The molecule has 0 bridgehead atoms. The van der Waals surface area contributed by atoms with Crippen LogP contribution in [0, 0.1) is 0 Å². The molecule has 0 heterocycles. The summed E-state index contributed by atoms with van der Waals surface area (Å²) in [6.45, 7) is 0.838. The van der Waals surface area contributed by atoms with Crippen LogP contribution in [0.4, 0.5) is 0 Å². The summed E-state index contributed by atoms with van der Waals surface area (Å²) in [5, 5.41) is 3.74. The van der Waals surface area contributed by atoms with Crippen LogP contribution < -0.4 is 10.1 Å². The number of methoxy groups -OCH3 is 1. The van der Waals surface area contributed by atoms with Crippen LogP contribution in [0.15, 0.2) is 90.5 Å². The van der Waals surface area contributed by atoms with Gasteiger partial charge in [-0.3, -0.25) is 9.59 Å². The van der Waals surface area contributed by atoms with Crippen molar-refractivity contribution < 1.29 is 14.3 Å². The highest BCUT2D eigenvalue weighted by Crippen LogP contribution is 2.26. The maximum absolute atomic E-state index is 13.8. The maximum atomic E-state index is 13.8. The van der Waals surface area contributed by atoms with Crippen LogP contribution in [0.3, 0.4) is 0 Å². The topological polar surface area (TPSA) is 58.6 Å². The Morgan fingerprint density at radius 1 is 0.947 bits per heavy atom. The van der Waals surface area contributed by atoms with Crippen LogP contribution >= 0.6 is 11.6 Å². The molecule has 0 saturated carbocycles. The second-order valence-electron chi connectivity index (χ2n) is 9.64. The standard InChI is InChI=1S/C32H35ClN2O3/c1-38-29-18-14-26(15-19-29)23-35(30(36)22-25-12-16-28(33)17-13-25)31(27-10-6-3-7-11-27)32(37)34-21-20-24-8-4-2-5-9-24/h3,6-8,10-19,31H,2,4-5,9,20-23H2,1H3,(H,34,37). The predicted octanol–water partition coefficient (Wildman–Crippen LogP) is 6.67. The van der Waals surface area contributed by atoms with Gasteiger partial charge in [0.05, 0.1) is 13.5 Å². The number of hydrogen-bond donors (Lipinski definition) is 1. The molecule has 1 aliphatic rings. The third-order valence-electron chi connectivity index (χ3n) is 6.91. The van der Waals surface area contributed by atoms with Gasteiger partial charge < -0.3 is 15.0 Å². The molecule has 6 heteroatoms. The fourth-order valence-electron chi connectivity index (χ4n) is 4.81. The van der Waals surface area contributed by atoms with E-state index >= 15 is 0 Å². The van der Waals surface area contributed by atoms with E-state index in [2.05, 4.69) is 11.4 Å². The smallest absolute Gasteiger partial charge is 0.247 e. The van der Waals surface area contributed by atoms with Gasteiger partial charge in [-0.05, 0) is 73.1 Å². The minimum atomic E-state index is -0.765. The Labute approximate surface area is 230 Å². The SMILES string of the molecule is COc1ccc(CN(C(=O)Cc2ccc(Cl)cc2)C(C(=O)NCCC2=CCCCC2)c2ccccc2)cc1. The summed E-state index contributed by atoms with van der Waals surface area (Å²) in [5.74, 6) is 0.426. The first-order chi connectivity index (χ1) is 18.5. The molecule has 0 aliphatic heterocycles. The summed E-state index contributed by atoms with van der Waals surface area (Å²) in [6, 6.07) is 23.6. The van der Waals surface area contributed by atoms with E-state index in [-0.39, 0.29) is 24.8 Å². The lowest BCUT2D eigenvalue weighted by Crippen LogP contribution is -2.44. The third-order valence-corrected chi connectivity index (χ3v) is 7.16. The first-order valence-electron chi connectivity index (χ1n) is 13.2. The van der Waals surface area contributed by atoms with Gasteiger partial charge in [0.2, 0.25) is 11.8 Å². The van der Waals surface area contributed by atoms with Crippen LogP contribution in [0.5, 0.6) is 5.75 Å². The Morgan fingerprint density at radius 3 is 2.32 bits per heavy atom. The van der Waals surface area contributed by atoms with Gasteiger partial charge in [0.25, 0.3) is 0 Å². The Bertz CT molecular complexity index is 1220. The van der Waals surface area contributed by atoms with Gasteiger partial charge in [-0.1, -0.05) is 77.8 Å². The fourth-order valence-corrected chi connectivity index (χ4v) is 4.94. The minimum absolute atomic E-state index is 0.137. The third kappa shape index (κ3) is 7.72. The van der Waals surface area contributed by atoms with Crippen molar-refractivity contribution >= 4 is 23.4 Å². The Hall–Kier alpha value is -3.57. The van der Waals surface area contributed by atoms with E-state index in [1.54, 1.807) is 24.1 Å². The van der Waals surface area contributed by atoms with Gasteiger partial charge in [-0.2, -0.15) is 0 Å². The van der Waals surface area contributed by atoms with Crippen molar-refractivity contribution in [3.63, 3.8) is 0 Å². The fraction of sp³-hybridized carbons (Fsp3) is 0.312. The summed E-state index contributed by atoms with van der Waals surface area (Å²) in [7, 11) is 1.62. The number of amides is 2. The van der Waals surface area contributed by atoms with E-state index in [9.17, 15) is 9.59 Å². The maximum Gasteiger partial charge on any atom is 0.247 e. The number of nitrogens with one attached hydrogen (secondary N) is 1. The van der Waals surface area contributed by atoms with Crippen molar-refractivity contribution in [1.82, 2.24) is 10.2 Å². The highest BCUT2D eigenvalue weighted by Gasteiger charge is 2.31. The molecule has 3 aromatic rings. The molecule has 0 spiro atoms. The number of nitrogens with zero attached hydrogens (tertiary/aromatic N) is 1. The summed E-state index contributed by atoms with van der Waals surface area (Å²) in [6.07, 6.45) is 7.96. The van der Waals surface area contributed by atoms with Crippen LogP contribution in [0.25, 0.3) is 0 Å². The largest absolute Gasteiger partial charge is 0.497 e. The average Bonchev–Trinajstić information content (AvgIpc) is 2.95. The van der Waals surface area contributed by atoms with Crippen LogP contribution in [0.2, 0.25) is 5.02 Å². The molecule has 198 valence electrons. The lowest BCUT2D eigenvalue weighted by Gasteiger charge is -2.32. The van der Waals surface area contributed by atoms with Gasteiger partial charge >= 0.3 is 0 Å². The van der Waals surface area contributed by atoms with Crippen molar-refractivity contribution in [3.05, 3.63) is 112 Å². The molecule has 0 radical (unpaired) electrons. The molecule has 1 unspecified atom stereocenters. The predicted molar refractivity (Wildman–Crippen MR) is 152 cm³/mol. The van der Waals surface area contributed by atoms with E-state index in [0.29, 0.717) is 11.6 Å². The summed E-state index contributed by atoms with van der Waals surface area (Å²) >= 11 is 6.06. The molecule has 2 amide bonds. The minimum Gasteiger partial charge on any atom is -0.497 e. The number of ether oxygens (including phenoxy) is 1. The van der Waals surface area contributed by atoms with Crippen molar-refractivity contribution in [2.75, 3.05) is 13.7 Å². The first kappa shape index (κ1) is 27.5. The highest BCUT2D eigenvalue weighted by molar-refractivity contribution is 6.30. The second kappa shape index (κ2) is 13.8. The molecule has 1 aliphatic carbocycles. The molecule has 4 rings (SSSR count). The first-order valence-corrected chi connectivity index (χ1v) is 13.6. The number of carbonyl (C=O) groups is 2. The molecule has 38 heavy (non-hydrogen) atoms. The molecule has 1 N–H and O–H groups in total. The van der Waals surface area contributed by atoms with Gasteiger partial charge in [-0.25, -0.2) is 0 Å². The van der Waals surface area contributed by atoms with E-state index in [1.165, 1.54) is 18.4 Å². The normalized spacial score (nSPS) is 13.8. The number of hydrogen-bond acceptors (Lipinski definition) is 3. The Kier molecular flexibility index (Phi) is 9.99.